The Kier molecular flexibility index (Phi) is 6.61. The highest BCUT2D eigenvalue weighted by molar-refractivity contribution is 7.18. The third-order valence-corrected chi connectivity index (χ3v) is 5.64. The molecule has 1 fully saturated rings. The van der Waals surface area contributed by atoms with Crippen LogP contribution in [0.25, 0.3) is 10.2 Å². The van der Waals surface area contributed by atoms with E-state index in [1.54, 1.807) is 11.3 Å². The van der Waals surface area contributed by atoms with Crippen LogP contribution in [0.4, 0.5) is 0 Å². The van der Waals surface area contributed by atoms with Gasteiger partial charge in [0.2, 0.25) is 5.91 Å². The Bertz CT molecular complexity index is 617. The molecule has 5 heteroatoms. The van der Waals surface area contributed by atoms with Gasteiger partial charge < -0.3 is 10.1 Å². The fourth-order valence-corrected chi connectivity index (χ4v) is 4.26. The van der Waals surface area contributed by atoms with E-state index in [1.165, 1.54) is 38.5 Å². The second-order valence-corrected chi connectivity index (χ2v) is 7.68. The maximum Gasteiger partial charge on any atom is 0.246 e. The van der Waals surface area contributed by atoms with Gasteiger partial charge in [0.25, 0.3) is 0 Å². The molecule has 0 atom stereocenters. The molecule has 1 aromatic carbocycles. The molecule has 0 bridgehead atoms. The Morgan fingerprint density at radius 2 is 2.08 bits per heavy atom. The number of hydrogen-bond acceptors (Lipinski definition) is 4. The van der Waals surface area contributed by atoms with E-state index in [9.17, 15) is 4.79 Å². The molecule has 1 aliphatic rings. The molecular formula is C19H26N2O2S. The first-order chi connectivity index (χ1) is 11.8. The van der Waals surface area contributed by atoms with Crippen LogP contribution in [-0.2, 0) is 16.1 Å². The summed E-state index contributed by atoms with van der Waals surface area (Å²) in [4.78, 5) is 16.3. The standard InChI is InChI=1S/C19H26N2O2S/c22-18(20-12-6-9-15-7-2-1-3-8-15)13-23-14-19-21-16-10-4-5-11-17(16)24-19/h4-5,10-11,15H,1-3,6-9,12-14H2,(H,20,22). The molecule has 24 heavy (non-hydrogen) atoms. The van der Waals surface area contributed by atoms with E-state index < -0.39 is 0 Å². The minimum atomic E-state index is -0.0280. The highest BCUT2D eigenvalue weighted by atomic mass is 32.1. The van der Waals surface area contributed by atoms with E-state index in [0.717, 1.165) is 34.1 Å². The lowest BCUT2D eigenvalue weighted by Crippen LogP contribution is -2.28. The van der Waals surface area contributed by atoms with Gasteiger partial charge in [-0.05, 0) is 30.9 Å². The molecular weight excluding hydrogens is 320 g/mol. The van der Waals surface area contributed by atoms with E-state index >= 15 is 0 Å². The van der Waals surface area contributed by atoms with Crippen molar-refractivity contribution in [3.05, 3.63) is 29.3 Å². The Hall–Kier alpha value is -1.46. The topological polar surface area (TPSA) is 51.2 Å². The molecule has 0 spiro atoms. The van der Waals surface area contributed by atoms with Gasteiger partial charge in [0.05, 0.1) is 16.8 Å². The zero-order valence-corrected chi connectivity index (χ0v) is 14.9. The summed E-state index contributed by atoms with van der Waals surface area (Å²) in [5.41, 5.74) is 0.994. The van der Waals surface area contributed by atoms with Crippen LogP contribution in [0, 0.1) is 5.92 Å². The van der Waals surface area contributed by atoms with Crippen molar-refractivity contribution in [2.45, 2.75) is 51.6 Å². The van der Waals surface area contributed by atoms with Crippen molar-refractivity contribution in [2.24, 2.45) is 5.92 Å². The Morgan fingerprint density at radius 3 is 2.92 bits per heavy atom. The molecule has 0 radical (unpaired) electrons. The zero-order valence-electron chi connectivity index (χ0n) is 14.1. The molecule has 130 valence electrons. The third-order valence-electron chi connectivity index (χ3n) is 4.63. The molecule has 4 nitrogen and oxygen atoms in total. The van der Waals surface area contributed by atoms with E-state index in [0.29, 0.717) is 6.61 Å². The second-order valence-electron chi connectivity index (χ2n) is 6.56. The maximum atomic E-state index is 11.8. The number of amides is 1. The van der Waals surface area contributed by atoms with Gasteiger partial charge in [0, 0.05) is 6.54 Å². The lowest BCUT2D eigenvalue weighted by atomic mass is 9.86. The number of nitrogens with zero attached hydrogens (tertiary/aromatic N) is 1. The maximum absolute atomic E-state index is 11.8. The first-order valence-electron chi connectivity index (χ1n) is 9.00. The molecule has 1 saturated carbocycles. The number of carbonyl (C=O) groups excluding carboxylic acids is 1. The number of carbonyl (C=O) groups is 1. The number of nitrogens with one attached hydrogen (secondary N) is 1. The average molecular weight is 346 g/mol. The van der Waals surface area contributed by atoms with Gasteiger partial charge in [-0.1, -0.05) is 44.2 Å². The van der Waals surface area contributed by atoms with Gasteiger partial charge in [-0.2, -0.15) is 0 Å². The summed E-state index contributed by atoms with van der Waals surface area (Å²) >= 11 is 1.62. The molecule has 1 aromatic heterocycles. The first kappa shape index (κ1) is 17.4. The molecule has 0 unspecified atom stereocenters. The van der Waals surface area contributed by atoms with Crippen molar-refractivity contribution in [3.63, 3.8) is 0 Å². The summed E-state index contributed by atoms with van der Waals surface area (Å²) in [6.07, 6.45) is 9.24. The van der Waals surface area contributed by atoms with Crippen molar-refractivity contribution >= 4 is 27.5 Å². The van der Waals surface area contributed by atoms with E-state index in [-0.39, 0.29) is 12.5 Å². The van der Waals surface area contributed by atoms with Gasteiger partial charge >= 0.3 is 0 Å². The SMILES string of the molecule is O=C(COCc1nc2ccccc2s1)NCCCC1CCCCC1. The van der Waals surface area contributed by atoms with Crippen LogP contribution in [0.5, 0.6) is 0 Å². The van der Waals surface area contributed by atoms with Crippen LogP contribution in [-0.4, -0.2) is 24.0 Å². The predicted octanol–water partition coefficient (Wildman–Crippen LogP) is 4.29. The lowest BCUT2D eigenvalue weighted by Gasteiger charge is -2.21. The van der Waals surface area contributed by atoms with Gasteiger partial charge in [-0.25, -0.2) is 4.98 Å². The fraction of sp³-hybridized carbons (Fsp3) is 0.579. The average Bonchev–Trinajstić information content (AvgIpc) is 3.02. The Morgan fingerprint density at radius 1 is 1.25 bits per heavy atom. The summed E-state index contributed by atoms with van der Waals surface area (Å²) < 4.78 is 6.65. The Balaban J connectivity index is 1.28. The zero-order chi connectivity index (χ0) is 16.6. The van der Waals surface area contributed by atoms with Crippen LogP contribution in [0.15, 0.2) is 24.3 Å². The minimum absolute atomic E-state index is 0.0280. The number of rotatable bonds is 8. The van der Waals surface area contributed by atoms with E-state index in [2.05, 4.69) is 16.4 Å². The Labute approximate surface area is 147 Å². The van der Waals surface area contributed by atoms with Crippen LogP contribution >= 0.6 is 11.3 Å². The minimum Gasteiger partial charge on any atom is -0.364 e. The van der Waals surface area contributed by atoms with Gasteiger partial charge in [0.15, 0.2) is 0 Å². The fourth-order valence-electron chi connectivity index (χ4n) is 3.36. The number of fused-ring (bicyclic) bond motifs is 1. The summed E-state index contributed by atoms with van der Waals surface area (Å²) in [6, 6.07) is 8.03. The van der Waals surface area contributed by atoms with Gasteiger partial charge in [-0.3, -0.25) is 4.79 Å². The molecule has 0 saturated heterocycles. The summed E-state index contributed by atoms with van der Waals surface area (Å²) in [7, 11) is 0. The number of ether oxygens (including phenoxy) is 1. The van der Waals surface area contributed by atoms with Gasteiger partial charge in [-0.15, -0.1) is 11.3 Å². The number of hydrogen-bond donors (Lipinski definition) is 1. The molecule has 1 heterocycles. The molecule has 2 aromatic rings. The van der Waals surface area contributed by atoms with Crippen LogP contribution in [0.3, 0.4) is 0 Å². The van der Waals surface area contributed by atoms with Gasteiger partial charge in [0.1, 0.15) is 11.6 Å². The van der Waals surface area contributed by atoms with Crippen molar-refractivity contribution in [1.82, 2.24) is 10.3 Å². The van der Waals surface area contributed by atoms with E-state index in [4.69, 9.17) is 4.74 Å². The highest BCUT2D eigenvalue weighted by Crippen LogP contribution is 2.27. The molecule has 1 aliphatic carbocycles. The second kappa shape index (κ2) is 9.14. The highest BCUT2D eigenvalue weighted by Gasteiger charge is 2.12. The van der Waals surface area contributed by atoms with Crippen LogP contribution in [0.1, 0.15) is 50.0 Å². The smallest absolute Gasteiger partial charge is 0.246 e. The summed E-state index contributed by atoms with van der Waals surface area (Å²) in [5, 5.41) is 3.87. The quantitative estimate of drug-likeness (QED) is 0.726. The van der Waals surface area contributed by atoms with Crippen molar-refractivity contribution < 1.29 is 9.53 Å². The number of benzene rings is 1. The third kappa shape index (κ3) is 5.28. The van der Waals surface area contributed by atoms with Crippen molar-refractivity contribution in [3.8, 4) is 0 Å². The molecule has 3 rings (SSSR count). The largest absolute Gasteiger partial charge is 0.364 e. The summed E-state index contributed by atoms with van der Waals surface area (Å²) in [6.45, 7) is 1.27. The van der Waals surface area contributed by atoms with Crippen molar-refractivity contribution in [1.29, 1.82) is 0 Å². The number of thiazole rings is 1. The molecule has 1 amide bonds. The van der Waals surface area contributed by atoms with Crippen molar-refractivity contribution in [2.75, 3.05) is 13.2 Å². The van der Waals surface area contributed by atoms with Crippen LogP contribution in [0.2, 0.25) is 0 Å². The summed E-state index contributed by atoms with van der Waals surface area (Å²) in [5.74, 6) is 0.852. The normalized spacial score (nSPS) is 15.7. The van der Waals surface area contributed by atoms with Crippen LogP contribution < -0.4 is 5.32 Å². The number of para-hydroxylation sites is 1. The lowest BCUT2D eigenvalue weighted by molar-refractivity contribution is -0.126. The monoisotopic (exact) mass is 346 g/mol. The number of aromatic nitrogens is 1. The van der Waals surface area contributed by atoms with E-state index in [1.807, 2.05) is 18.2 Å². The predicted molar refractivity (Wildman–Crippen MR) is 98.1 cm³/mol. The first-order valence-corrected chi connectivity index (χ1v) is 9.82. The molecule has 1 N–H and O–H groups in total. The molecule has 0 aliphatic heterocycles.